The maximum atomic E-state index is 13.8. The van der Waals surface area contributed by atoms with Crippen LogP contribution in [0.2, 0.25) is 0 Å². The van der Waals surface area contributed by atoms with Crippen LogP contribution in [0.4, 0.5) is 23.2 Å². The van der Waals surface area contributed by atoms with Gasteiger partial charge in [-0.2, -0.15) is 0 Å². The second-order valence-electron chi connectivity index (χ2n) is 6.24. The van der Waals surface area contributed by atoms with Crippen LogP contribution >= 0.6 is 11.8 Å². The molecule has 0 aliphatic carbocycles. The predicted octanol–water partition coefficient (Wildman–Crippen LogP) is 3.51. The Bertz CT molecular complexity index is 907. The fourth-order valence-electron chi connectivity index (χ4n) is 2.75. The molecule has 10 heteroatoms. The minimum Gasteiger partial charge on any atom is -0.406 e. The number of anilines is 1. The highest BCUT2D eigenvalue weighted by Crippen LogP contribution is 2.26. The molecule has 154 valence electrons. The third-order valence-corrected chi connectivity index (χ3v) is 5.40. The smallest absolute Gasteiger partial charge is 0.406 e. The van der Waals surface area contributed by atoms with E-state index in [2.05, 4.69) is 15.4 Å². The lowest BCUT2D eigenvalue weighted by atomic mass is 10.1. The van der Waals surface area contributed by atoms with E-state index in [9.17, 15) is 27.2 Å². The van der Waals surface area contributed by atoms with Gasteiger partial charge in [-0.3, -0.25) is 9.59 Å². The third-order valence-electron chi connectivity index (χ3n) is 4.09. The Hall–Kier alpha value is -2.75. The van der Waals surface area contributed by atoms with Crippen LogP contribution in [0.15, 0.2) is 48.5 Å². The fraction of sp³-hybridized carbons (Fsp3) is 0.263. The Kier molecular flexibility index (Phi) is 6.31. The van der Waals surface area contributed by atoms with Gasteiger partial charge in [-0.25, -0.2) is 4.39 Å². The molecule has 3 rings (SSSR count). The molecular weight excluding hydrogens is 412 g/mol. The summed E-state index contributed by atoms with van der Waals surface area (Å²) in [6.07, 6.45) is -4.65. The molecule has 5 nitrogen and oxygen atoms in total. The van der Waals surface area contributed by atoms with Crippen molar-refractivity contribution in [3.63, 3.8) is 0 Å². The molecule has 0 bridgehead atoms. The summed E-state index contributed by atoms with van der Waals surface area (Å²) in [5.41, 5.74) is 0.508. The van der Waals surface area contributed by atoms with E-state index in [0.29, 0.717) is 5.56 Å². The van der Waals surface area contributed by atoms with Gasteiger partial charge in [0, 0.05) is 17.5 Å². The topological polar surface area (TPSA) is 67.4 Å². The molecule has 2 amide bonds. The maximum absolute atomic E-state index is 13.8. The fourth-order valence-corrected chi connectivity index (χ4v) is 3.93. The van der Waals surface area contributed by atoms with Gasteiger partial charge in [-0.1, -0.05) is 24.3 Å². The second kappa shape index (κ2) is 8.73. The second-order valence-corrected chi connectivity index (χ2v) is 7.48. The molecule has 2 aromatic carbocycles. The first-order chi connectivity index (χ1) is 13.7. The van der Waals surface area contributed by atoms with Crippen molar-refractivity contribution in [2.45, 2.75) is 24.1 Å². The molecule has 1 aliphatic heterocycles. The van der Waals surface area contributed by atoms with Gasteiger partial charge in [0.15, 0.2) is 0 Å². The van der Waals surface area contributed by atoms with Gasteiger partial charge in [0.2, 0.25) is 11.8 Å². The van der Waals surface area contributed by atoms with Gasteiger partial charge in [0.1, 0.15) is 17.6 Å². The number of carbonyl (C=O) groups is 2. The van der Waals surface area contributed by atoms with Crippen LogP contribution in [-0.4, -0.2) is 35.2 Å². The van der Waals surface area contributed by atoms with E-state index >= 15 is 0 Å². The highest BCUT2D eigenvalue weighted by molar-refractivity contribution is 8.00. The maximum Gasteiger partial charge on any atom is 0.573 e. The number of carbonyl (C=O) groups excluding carboxylic acids is 2. The van der Waals surface area contributed by atoms with Gasteiger partial charge in [0.05, 0.1) is 5.25 Å². The van der Waals surface area contributed by atoms with Crippen LogP contribution in [0.25, 0.3) is 0 Å². The highest BCUT2D eigenvalue weighted by atomic mass is 32.2. The van der Waals surface area contributed by atoms with Crippen molar-refractivity contribution in [3.05, 3.63) is 59.9 Å². The van der Waals surface area contributed by atoms with Gasteiger partial charge in [0.25, 0.3) is 0 Å². The summed E-state index contributed by atoms with van der Waals surface area (Å²) < 4.78 is 54.5. The first kappa shape index (κ1) is 21.0. The minimum atomic E-state index is -4.84. The monoisotopic (exact) mass is 428 g/mol. The molecule has 1 fully saturated rings. The first-order valence-electron chi connectivity index (χ1n) is 8.53. The van der Waals surface area contributed by atoms with Crippen molar-refractivity contribution >= 4 is 29.3 Å². The van der Waals surface area contributed by atoms with E-state index in [1.165, 1.54) is 30.0 Å². The Morgan fingerprint density at radius 1 is 1.21 bits per heavy atom. The minimum absolute atomic E-state index is 0.101. The molecule has 2 atom stereocenters. The standard InChI is InChI=1S/C19H16F4N2O3S/c20-14-7-2-1-4-11(14)8-16-18(27)25-15(10-29-16)17(26)24-12-5-3-6-13(9-12)28-19(21,22)23/h1-7,9,15-16H,8,10H2,(H,24,26)(H,25,27). The van der Waals surface area contributed by atoms with E-state index in [-0.39, 0.29) is 17.9 Å². The Morgan fingerprint density at radius 3 is 2.66 bits per heavy atom. The highest BCUT2D eigenvalue weighted by Gasteiger charge is 2.33. The molecule has 2 N–H and O–H groups in total. The largest absolute Gasteiger partial charge is 0.573 e. The summed E-state index contributed by atoms with van der Waals surface area (Å²) in [5.74, 6) is -1.60. The number of amides is 2. The van der Waals surface area contributed by atoms with Crippen LogP contribution in [0.3, 0.4) is 0 Å². The number of nitrogens with one attached hydrogen (secondary N) is 2. The van der Waals surface area contributed by atoms with Crippen molar-refractivity contribution in [2.24, 2.45) is 0 Å². The number of hydrogen-bond donors (Lipinski definition) is 2. The molecule has 0 saturated carbocycles. The van der Waals surface area contributed by atoms with Gasteiger partial charge in [-0.15, -0.1) is 24.9 Å². The van der Waals surface area contributed by atoms with E-state index < -0.39 is 41.0 Å². The van der Waals surface area contributed by atoms with Crippen LogP contribution < -0.4 is 15.4 Å². The number of rotatable bonds is 5. The zero-order chi connectivity index (χ0) is 21.0. The number of ether oxygens (including phenoxy) is 1. The van der Waals surface area contributed by atoms with Crippen LogP contribution in [0, 0.1) is 5.82 Å². The summed E-state index contributed by atoms with van der Waals surface area (Å²) in [4.78, 5) is 24.7. The van der Waals surface area contributed by atoms with Gasteiger partial charge < -0.3 is 15.4 Å². The van der Waals surface area contributed by atoms with E-state index in [1.54, 1.807) is 18.2 Å². The normalized spacial score (nSPS) is 19.4. The predicted molar refractivity (Wildman–Crippen MR) is 100 cm³/mol. The third kappa shape index (κ3) is 5.86. The quantitative estimate of drug-likeness (QED) is 0.716. The number of halogens is 4. The first-order valence-corrected chi connectivity index (χ1v) is 9.58. The van der Waals surface area contributed by atoms with Crippen molar-refractivity contribution in [1.29, 1.82) is 0 Å². The molecule has 2 aromatic rings. The molecule has 0 spiro atoms. The molecule has 1 saturated heterocycles. The van der Waals surface area contributed by atoms with Crippen LogP contribution in [0.5, 0.6) is 5.75 Å². The summed E-state index contributed by atoms with van der Waals surface area (Å²) in [7, 11) is 0. The Morgan fingerprint density at radius 2 is 1.97 bits per heavy atom. The van der Waals surface area contributed by atoms with Crippen LogP contribution in [0.1, 0.15) is 5.56 Å². The van der Waals surface area contributed by atoms with Crippen molar-refractivity contribution in [3.8, 4) is 5.75 Å². The molecule has 29 heavy (non-hydrogen) atoms. The van der Waals surface area contributed by atoms with Crippen molar-refractivity contribution < 1.29 is 31.9 Å². The molecule has 1 aliphatic rings. The Labute approximate surface area is 167 Å². The average molecular weight is 428 g/mol. The number of benzene rings is 2. The SMILES string of the molecule is O=C(Nc1cccc(OC(F)(F)F)c1)C1CSC(Cc2ccccc2F)C(=O)N1. The van der Waals surface area contributed by atoms with Crippen molar-refractivity contribution in [1.82, 2.24) is 5.32 Å². The molecular formula is C19H16F4N2O3S. The summed E-state index contributed by atoms with van der Waals surface area (Å²) in [6, 6.07) is 10.1. The zero-order valence-electron chi connectivity index (χ0n) is 14.8. The summed E-state index contributed by atoms with van der Waals surface area (Å²) >= 11 is 1.22. The van der Waals surface area contributed by atoms with E-state index in [1.807, 2.05) is 0 Å². The lowest BCUT2D eigenvalue weighted by molar-refractivity contribution is -0.274. The molecule has 0 aromatic heterocycles. The number of alkyl halides is 3. The summed E-state index contributed by atoms with van der Waals surface area (Å²) in [6.45, 7) is 0. The van der Waals surface area contributed by atoms with Gasteiger partial charge >= 0.3 is 6.36 Å². The molecule has 0 radical (unpaired) electrons. The Balaban J connectivity index is 1.58. The lowest BCUT2D eigenvalue weighted by Crippen LogP contribution is -2.52. The van der Waals surface area contributed by atoms with Gasteiger partial charge in [-0.05, 0) is 30.2 Å². The molecule has 2 unspecified atom stereocenters. The summed E-state index contributed by atoms with van der Waals surface area (Å²) in [5, 5.41) is 4.49. The lowest BCUT2D eigenvalue weighted by Gasteiger charge is -2.28. The average Bonchev–Trinajstić information content (AvgIpc) is 2.64. The molecule has 1 heterocycles. The van der Waals surface area contributed by atoms with Crippen molar-refractivity contribution in [2.75, 3.05) is 11.1 Å². The zero-order valence-corrected chi connectivity index (χ0v) is 15.6. The number of hydrogen-bond acceptors (Lipinski definition) is 4. The van der Waals surface area contributed by atoms with Crippen LogP contribution in [-0.2, 0) is 16.0 Å². The van der Waals surface area contributed by atoms with E-state index in [4.69, 9.17) is 0 Å². The number of thioether (sulfide) groups is 1. The van der Waals surface area contributed by atoms with E-state index in [0.717, 1.165) is 12.1 Å².